The van der Waals surface area contributed by atoms with E-state index in [1.165, 1.54) is 24.3 Å². The first-order valence-electron chi connectivity index (χ1n) is 6.61. The van der Waals surface area contributed by atoms with Crippen LogP contribution in [0.1, 0.15) is 15.9 Å². The van der Waals surface area contributed by atoms with Crippen molar-refractivity contribution >= 4 is 17.5 Å². The lowest BCUT2D eigenvalue weighted by atomic mass is 10.2. The maximum absolute atomic E-state index is 13.7. The normalized spacial score (nSPS) is 10.2. The Balaban J connectivity index is 2.36. The number of carbonyl (C=O) groups is 1. The number of ether oxygens (including phenoxy) is 1. The summed E-state index contributed by atoms with van der Waals surface area (Å²) in [5.74, 6) is -1.09. The van der Waals surface area contributed by atoms with Crippen LogP contribution in [-0.2, 0) is 11.3 Å². The van der Waals surface area contributed by atoms with Gasteiger partial charge in [0, 0.05) is 31.4 Å². The van der Waals surface area contributed by atoms with Crippen molar-refractivity contribution in [1.29, 1.82) is 0 Å². The number of nitro groups is 1. The quantitative estimate of drug-likeness (QED) is 0.478. The van der Waals surface area contributed by atoms with Crippen LogP contribution in [0.4, 0.5) is 15.9 Å². The van der Waals surface area contributed by atoms with Gasteiger partial charge in [-0.3, -0.25) is 10.1 Å². The van der Waals surface area contributed by atoms with E-state index < -0.39 is 16.7 Å². The Labute approximate surface area is 131 Å². The Morgan fingerprint density at radius 2 is 2.13 bits per heavy atom. The molecule has 0 aliphatic carbocycles. The van der Waals surface area contributed by atoms with Crippen LogP contribution in [0.25, 0.3) is 0 Å². The zero-order valence-electron chi connectivity index (χ0n) is 12.5. The van der Waals surface area contributed by atoms with Gasteiger partial charge in [0.25, 0.3) is 0 Å². The number of benzene rings is 1. The maximum Gasteiger partial charge on any atom is 0.339 e. The molecule has 1 aromatic carbocycles. The van der Waals surface area contributed by atoms with Crippen molar-refractivity contribution in [1.82, 2.24) is 4.98 Å². The molecule has 0 N–H and O–H groups in total. The molecule has 0 saturated carbocycles. The molecule has 1 heterocycles. The summed E-state index contributed by atoms with van der Waals surface area (Å²) >= 11 is 0. The molecule has 0 unspecified atom stereocenters. The molecular weight excluding hydrogens is 305 g/mol. The van der Waals surface area contributed by atoms with Gasteiger partial charge in [-0.15, -0.1) is 0 Å². The van der Waals surface area contributed by atoms with E-state index in [2.05, 4.69) is 9.72 Å². The summed E-state index contributed by atoms with van der Waals surface area (Å²) in [5.41, 5.74) is -0.00266. The molecule has 0 atom stereocenters. The van der Waals surface area contributed by atoms with Gasteiger partial charge >= 0.3 is 11.7 Å². The molecule has 2 rings (SSSR count). The van der Waals surface area contributed by atoms with Crippen LogP contribution in [0.3, 0.4) is 0 Å². The zero-order valence-corrected chi connectivity index (χ0v) is 12.5. The molecule has 2 aromatic rings. The van der Waals surface area contributed by atoms with E-state index in [0.29, 0.717) is 5.56 Å². The Morgan fingerprint density at radius 1 is 1.43 bits per heavy atom. The summed E-state index contributed by atoms with van der Waals surface area (Å²) in [5, 5.41) is 11.2. The van der Waals surface area contributed by atoms with Crippen LogP contribution in [0.5, 0.6) is 0 Å². The number of hydrogen-bond acceptors (Lipinski definition) is 6. The standard InChI is InChI=1S/C15H14FN3O4/c1-18(9-10-5-3-4-6-12(10)16)14-13(19(21)22)7-11(8-17-14)15(20)23-2/h3-8H,9H2,1-2H3. The molecular formula is C15H14FN3O4. The van der Waals surface area contributed by atoms with Crippen LogP contribution in [0, 0.1) is 15.9 Å². The van der Waals surface area contributed by atoms with Gasteiger partial charge in [0.05, 0.1) is 17.6 Å². The molecule has 7 nitrogen and oxygen atoms in total. The number of aromatic nitrogens is 1. The second-order valence-corrected chi connectivity index (χ2v) is 4.76. The Morgan fingerprint density at radius 3 is 2.74 bits per heavy atom. The van der Waals surface area contributed by atoms with Gasteiger partial charge in [0.2, 0.25) is 5.82 Å². The minimum absolute atomic E-state index is 0.0257. The molecule has 120 valence electrons. The van der Waals surface area contributed by atoms with Gasteiger partial charge in [0.1, 0.15) is 5.82 Å². The van der Waals surface area contributed by atoms with Crippen LogP contribution >= 0.6 is 0 Å². The summed E-state index contributed by atoms with van der Waals surface area (Å²) in [6, 6.07) is 7.22. The Kier molecular flexibility index (Phi) is 4.85. The number of rotatable bonds is 5. The van der Waals surface area contributed by atoms with Crippen LogP contribution in [-0.4, -0.2) is 30.0 Å². The third-order valence-corrected chi connectivity index (χ3v) is 3.19. The van der Waals surface area contributed by atoms with Gasteiger partial charge in [0.15, 0.2) is 0 Å². The van der Waals surface area contributed by atoms with E-state index >= 15 is 0 Å². The number of pyridine rings is 1. The van der Waals surface area contributed by atoms with Crippen molar-refractivity contribution < 1.29 is 18.8 Å². The van der Waals surface area contributed by atoms with Crippen molar-refractivity contribution in [2.24, 2.45) is 0 Å². The largest absolute Gasteiger partial charge is 0.465 e. The first kappa shape index (κ1) is 16.3. The molecule has 0 saturated heterocycles. The molecule has 0 bridgehead atoms. The predicted octanol–water partition coefficient (Wildman–Crippen LogP) is 2.55. The van der Waals surface area contributed by atoms with Crippen molar-refractivity contribution in [3.63, 3.8) is 0 Å². The number of carbonyl (C=O) groups excluding carboxylic acids is 1. The maximum atomic E-state index is 13.7. The van der Waals surface area contributed by atoms with Crippen molar-refractivity contribution in [3.05, 3.63) is 63.6 Å². The van der Waals surface area contributed by atoms with E-state index in [1.54, 1.807) is 25.2 Å². The molecule has 0 aliphatic heterocycles. The smallest absolute Gasteiger partial charge is 0.339 e. The minimum atomic E-state index is -0.719. The van der Waals surface area contributed by atoms with Crippen LogP contribution in [0.2, 0.25) is 0 Å². The van der Waals surface area contributed by atoms with Crippen LogP contribution < -0.4 is 4.90 Å². The number of anilines is 1. The van der Waals surface area contributed by atoms with Crippen molar-refractivity contribution in [3.8, 4) is 0 Å². The molecule has 0 aliphatic rings. The van der Waals surface area contributed by atoms with Crippen molar-refractivity contribution in [2.75, 3.05) is 19.1 Å². The van der Waals surface area contributed by atoms with Crippen LogP contribution in [0.15, 0.2) is 36.5 Å². The molecule has 0 fully saturated rings. The van der Waals surface area contributed by atoms with E-state index in [0.717, 1.165) is 6.07 Å². The lowest BCUT2D eigenvalue weighted by molar-refractivity contribution is -0.384. The number of halogens is 1. The zero-order chi connectivity index (χ0) is 17.0. The highest BCUT2D eigenvalue weighted by Gasteiger charge is 2.22. The number of hydrogen-bond donors (Lipinski definition) is 0. The lowest BCUT2D eigenvalue weighted by Gasteiger charge is -2.18. The molecule has 0 spiro atoms. The molecule has 8 heteroatoms. The minimum Gasteiger partial charge on any atom is -0.465 e. The third-order valence-electron chi connectivity index (χ3n) is 3.19. The Hall–Kier alpha value is -3.03. The third kappa shape index (κ3) is 3.60. The highest BCUT2D eigenvalue weighted by atomic mass is 19.1. The number of nitrogens with zero attached hydrogens (tertiary/aromatic N) is 3. The first-order chi connectivity index (χ1) is 10.9. The molecule has 0 radical (unpaired) electrons. The van der Waals surface area contributed by atoms with Gasteiger partial charge in [-0.25, -0.2) is 14.2 Å². The second-order valence-electron chi connectivity index (χ2n) is 4.76. The monoisotopic (exact) mass is 319 g/mol. The molecule has 0 amide bonds. The summed E-state index contributed by atoms with van der Waals surface area (Å²) in [7, 11) is 2.73. The van der Waals surface area contributed by atoms with Gasteiger partial charge in [-0.05, 0) is 6.07 Å². The summed E-state index contributed by atoms with van der Waals surface area (Å²) in [6.07, 6.45) is 1.19. The fourth-order valence-corrected chi connectivity index (χ4v) is 2.06. The van der Waals surface area contributed by atoms with E-state index in [-0.39, 0.29) is 23.6 Å². The summed E-state index contributed by atoms with van der Waals surface area (Å²) in [4.78, 5) is 27.4. The second kappa shape index (κ2) is 6.82. The SMILES string of the molecule is COC(=O)c1cnc(N(C)Cc2ccccc2F)c([N+](=O)[O-])c1. The van der Waals surface area contributed by atoms with Gasteiger partial charge in [-0.2, -0.15) is 0 Å². The predicted molar refractivity (Wildman–Crippen MR) is 80.7 cm³/mol. The number of methoxy groups -OCH3 is 1. The molecule has 1 aromatic heterocycles. The fraction of sp³-hybridized carbons (Fsp3) is 0.200. The van der Waals surface area contributed by atoms with Gasteiger partial charge in [-0.1, -0.05) is 18.2 Å². The van der Waals surface area contributed by atoms with Gasteiger partial charge < -0.3 is 9.64 Å². The van der Waals surface area contributed by atoms with E-state index in [9.17, 15) is 19.3 Å². The summed E-state index contributed by atoms with van der Waals surface area (Å²) in [6.45, 7) is 0.0953. The molecule has 23 heavy (non-hydrogen) atoms. The lowest BCUT2D eigenvalue weighted by Crippen LogP contribution is -2.20. The highest BCUT2D eigenvalue weighted by Crippen LogP contribution is 2.27. The van der Waals surface area contributed by atoms with E-state index in [4.69, 9.17) is 0 Å². The van der Waals surface area contributed by atoms with E-state index in [1.807, 2.05) is 0 Å². The van der Waals surface area contributed by atoms with Crippen molar-refractivity contribution in [2.45, 2.75) is 6.54 Å². The summed E-state index contributed by atoms with van der Waals surface area (Å²) < 4.78 is 18.2. The average Bonchev–Trinajstić information content (AvgIpc) is 2.55. The Bertz CT molecular complexity index is 751. The fourth-order valence-electron chi connectivity index (χ4n) is 2.06. The highest BCUT2D eigenvalue weighted by molar-refractivity contribution is 5.90. The number of esters is 1. The topological polar surface area (TPSA) is 85.6 Å². The average molecular weight is 319 g/mol. The first-order valence-corrected chi connectivity index (χ1v) is 6.61.